The molecule has 0 spiro atoms. The van der Waals surface area contributed by atoms with Crippen LogP contribution >= 0.6 is 0 Å². The molecular formula is C21H27N3O2. The van der Waals surface area contributed by atoms with Gasteiger partial charge in [0.25, 0.3) is 0 Å². The summed E-state index contributed by atoms with van der Waals surface area (Å²) in [5, 5.41) is 6.52. The van der Waals surface area contributed by atoms with E-state index in [0.29, 0.717) is 5.92 Å². The maximum absolute atomic E-state index is 12.6. The van der Waals surface area contributed by atoms with E-state index in [2.05, 4.69) is 34.9 Å². The highest BCUT2D eigenvalue weighted by atomic mass is 16.5. The number of amides is 2. The molecule has 2 N–H and O–H groups in total. The average Bonchev–Trinajstić information content (AvgIpc) is 2.68. The Balaban J connectivity index is 1.56. The maximum atomic E-state index is 12.6. The number of piperidine rings is 1. The standard InChI is InChI=1S/C21H27N3O2/c1-24(18-9-6-10-19(15-18)26-2)21(25)23-20-14-17(11-12-22-20)13-16-7-4-3-5-8-16/h3-10,15,17,20,22H,11-14H2,1-2H3,(H,23,25)/t17-,20-/m0/s1. The van der Waals surface area contributed by atoms with Gasteiger partial charge in [-0.2, -0.15) is 0 Å². The fourth-order valence-electron chi connectivity index (χ4n) is 3.42. The second-order valence-electron chi connectivity index (χ2n) is 6.80. The fraction of sp³-hybridized carbons (Fsp3) is 0.381. The van der Waals surface area contributed by atoms with Gasteiger partial charge in [-0.3, -0.25) is 10.2 Å². The zero-order chi connectivity index (χ0) is 18.4. The number of carbonyl (C=O) groups excluding carboxylic acids is 1. The molecule has 1 fully saturated rings. The molecule has 1 heterocycles. The van der Waals surface area contributed by atoms with Gasteiger partial charge in [0.05, 0.1) is 13.3 Å². The highest BCUT2D eigenvalue weighted by molar-refractivity contribution is 5.91. The number of benzene rings is 2. The molecule has 3 rings (SSSR count). The molecule has 0 bridgehead atoms. The molecular weight excluding hydrogens is 326 g/mol. The van der Waals surface area contributed by atoms with E-state index in [4.69, 9.17) is 4.74 Å². The minimum absolute atomic E-state index is 0.00183. The van der Waals surface area contributed by atoms with Crippen LogP contribution in [0.1, 0.15) is 18.4 Å². The molecule has 26 heavy (non-hydrogen) atoms. The van der Waals surface area contributed by atoms with E-state index in [1.54, 1.807) is 19.1 Å². The number of nitrogens with zero attached hydrogens (tertiary/aromatic N) is 1. The monoisotopic (exact) mass is 353 g/mol. The molecule has 0 saturated carbocycles. The van der Waals surface area contributed by atoms with Crippen molar-refractivity contribution in [3.8, 4) is 5.75 Å². The van der Waals surface area contributed by atoms with Crippen molar-refractivity contribution in [2.24, 2.45) is 5.92 Å². The Morgan fingerprint density at radius 2 is 2.04 bits per heavy atom. The predicted octanol–water partition coefficient (Wildman–Crippen LogP) is 3.41. The molecule has 2 aromatic rings. The number of anilines is 1. The molecule has 1 aliphatic rings. The van der Waals surface area contributed by atoms with E-state index in [0.717, 1.165) is 37.2 Å². The molecule has 5 heteroatoms. The maximum Gasteiger partial charge on any atom is 0.322 e. The van der Waals surface area contributed by atoms with Gasteiger partial charge in [0, 0.05) is 18.8 Å². The second kappa shape index (κ2) is 8.72. The SMILES string of the molecule is COc1cccc(N(C)C(=O)N[C@H]2C[C@H](Cc3ccccc3)CCN2)c1. The zero-order valence-corrected chi connectivity index (χ0v) is 15.4. The van der Waals surface area contributed by atoms with Gasteiger partial charge in [-0.25, -0.2) is 4.79 Å². The number of carbonyl (C=O) groups is 1. The van der Waals surface area contributed by atoms with Crippen LogP contribution in [-0.2, 0) is 6.42 Å². The lowest BCUT2D eigenvalue weighted by Gasteiger charge is -2.32. The van der Waals surface area contributed by atoms with Crippen LogP contribution in [0.25, 0.3) is 0 Å². The molecule has 1 aliphatic heterocycles. The molecule has 138 valence electrons. The average molecular weight is 353 g/mol. The lowest BCUT2D eigenvalue weighted by Crippen LogP contribution is -2.53. The zero-order valence-electron chi connectivity index (χ0n) is 15.4. The van der Waals surface area contributed by atoms with Crippen LogP contribution in [-0.4, -0.2) is 32.9 Å². The molecule has 0 unspecified atom stereocenters. The van der Waals surface area contributed by atoms with Crippen molar-refractivity contribution in [3.05, 3.63) is 60.2 Å². The summed E-state index contributed by atoms with van der Waals surface area (Å²) in [5.41, 5.74) is 2.16. The van der Waals surface area contributed by atoms with Gasteiger partial charge in [0.1, 0.15) is 5.75 Å². The van der Waals surface area contributed by atoms with Crippen LogP contribution in [0.2, 0.25) is 0 Å². The Bertz CT molecular complexity index is 720. The predicted molar refractivity (Wildman–Crippen MR) is 105 cm³/mol. The van der Waals surface area contributed by atoms with Gasteiger partial charge in [-0.15, -0.1) is 0 Å². The third-order valence-corrected chi connectivity index (χ3v) is 4.92. The Kier molecular flexibility index (Phi) is 6.12. The number of urea groups is 1. The van der Waals surface area contributed by atoms with Crippen molar-refractivity contribution in [3.63, 3.8) is 0 Å². The summed E-state index contributed by atoms with van der Waals surface area (Å²) < 4.78 is 5.23. The lowest BCUT2D eigenvalue weighted by molar-refractivity contribution is 0.226. The molecule has 2 atom stereocenters. The topological polar surface area (TPSA) is 53.6 Å². The Morgan fingerprint density at radius 1 is 1.23 bits per heavy atom. The number of hydrogen-bond donors (Lipinski definition) is 2. The Morgan fingerprint density at radius 3 is 2.81 bits per heavy atom. The number of hydrogen-bond acceptors (Lipinski definition) is 3. The van der Waals surface area contributed by atoms with Crippen LogP contribution < -0.4 is 20.3 Å². The number of rotatable bonds is 5. The summed E-state index contributed by atoms with van der Waals surface area (Å²) in [6, 6.07) is 17.9. The van der Waals surface area contributed by atoms with Crippen LogP contribution in [0.3, 0.4) is 0 Å². The van der Waals surface area contributed by atoms with Gasteiger partial charge in [0.2, 0.25) is 0 Å². The minimum atomic E-state index is -0.115. The first-order valence-corrected chi connectivity index (χ1v) is 9.11. The highest BCUT2D eigenvalue weighted by Gasteiger charge is 2.24. The van der Waals surface area contributed by atoms with E-state index in [9.17, 15) is 4.79 Å². The van der Waals surface area contributed by atoms with Crippen molar-refractivity contribution >= 4 is 11.7 Å². The van der Waals surface area contributed by atoms with E-state index in [1.807, 2.05) is 30.3 Å². The Labute approximate surface area is 155 Å². The summed E-state index contributed by atoms with van der Waals surface area (Å²) in [6.45, 7) is 0.922. The Hall–Kier alpha value is -2.53. The lowest BCUT2D eigenvalue weighted by atomic mass is 9.89. The third kappa shape index (κ3) is 4.76. The van der Waals surface area contributed by atoms with Crippen molar-refractivity contribution < 1.29 is 9.53 Å². The van der Waals surface area contributed by atoms with Crippen molar-refractivity contribution in [1.29, 1.82) is 0 Å². The number of ether oxygens (including phenoxy) is 1. The van der Waals surface area contributed by atoms with E-state index >= 15 is 0 Å². The van der Waals surface area contributed by atoms with Gasteiger partial charge in [-0.05, 0) is 49.4 Å². The second-order valence-corrected chi connectivity index (χ2v) is 6.80. The fourth-order valence-corrected chi connectivity index (χ4v) is 3.42. The summed E-state index contributed by atoms with van der Waals surface area (Å²) in [7, 11) is 3.40. The summed E-state index contributed by atoms with van der Waals surface area (Å²) in [4.78, 5) is 14.2. The van der Waals surface area contributed by atoms with Gasteiger partial charge < -0.3 is 10.1 Å². The summed E-state index contributed by atoms with van der Waals surface area (Å²) in [6.07, 6.45) is 3.12. The number of methoxy groups -OCH3 is 1. The van der Waals surface area contributed by atoms with Crippen LogP contribution in [0.15, 0.2) is 54.6 Å². The van der Waals surface area contributed by atoms with E-state index < -0.39 is 0 Å². The molecule has 0 aliphatic carbocycles. The van der Waals surface area contributed by atoms with Crippen molar-refractivity contribution in [2.75, 3.05) is 25.6 Å². The van der Waals surface area contributed by atoms with Crippen LogP contribution in [0, 0.1) is 5.92 Å². The third-order valence-electron chi connectivity index (χ3n) is 4.92. The quantitative estimate of drug-likeness (QED) is 0.866. The largest absolute Gasteiger partial charge is 0.497 e. The van der Waals surface area contributed by atoms with E-state index in [-0.39, 0.29) is 12.2 Å². The molecule has 1 saturated heterocycles. The highest BCUT2D eigenvalue weighted by Crippen LogP contribution is 2.22. The van der Waals surface area contributed by atoms with Gasteiger partial charge in [0.15, 0.2) is 0 Å². The first kappa shape index (κ1) is 18.3. The molecule has 2 aromatic carbocycles. The van der Waals surface area contributed by atoms with Crippen LogP contribution in [0.4, 0.5) is 10.5 Å². The normalized spacial score (nSPS) is 19.6. The van der Waals surface area contributed by atoms with Gasteiger partial charge in [-0.1, -0.05) is 36.4 Å². The minimum Gasteiger partial charge on any atom is -0.497 e. The smallest absolute Gasteiger partial charge is 0.322 e. The number of nitrogens with one attached hydrogen (secondary N) is 2. The van der Waals surface area contributed by atoms with Crippen LogP contribution in [0.5, 0.6) is 5.75 Å². The summed E-state index contributed by atoms with van der Waals surface area (Å²) >= 11 is 0. The molecule has 5 nitrogen and oxygen atoms in total. The summed E-state index contributed by atoms with van der Waals surface area (Å²) in [5.74, 6) is 1.31. The van der Waals surface area contributed by atoms with Crippen molar-refractivity contribution in [1.82, 2.24) is 10.6 Å². The first-order chi connectivity index (χ1) is 12.7. The first-order valence-electron chi connectivity index (χ1n) is 9.11. The molecule has 0 radical (unpaired) electrons. The van der Waals surface area contributed by atoms with Crippen molar-refractivity contribution in [2.45, 2.75) is 25.4 Å². The van der Waals surface area contributed by atoms with E-state index in [1.165, 1.54) is 5.56 Å². The molecule has 2 amide bonds. The van der Waals surface area contributed by atoms with Gasteiger partial charge >= 0.3 is 6.03 Å². The molecule has 0 aromatic heterocycles.